The van der Waals surface area contributed by atoms with Gasteiger partial charge in [-0.15, -0.1) is 0 Å². The number of fused-ring (bicyclic) bond motifs is 1. The summed E-state index contributed by atoms with van der Waals surface area (Å²) in [5.41, 5.74) is 8.15. The highest BCUT2D eigenvalue weighted by atomic mass is 16.5. The highest BCUT2D eigenvalue weighted by Crippen LogP contribution is 2.43. The minimum atomic E-state index is -0.935. The summed E-state index contributed by atoms with van der Waals surface area (Å²) >= 11 is 0. The lowest BCUT2D eigenvalue weighted by atomic mass is 9.81. The number of anilines is 1. The second-order valence-electron chi connectivity index (χ2n) is 7.67. The first-order chi connectivity index (χ1) is 17.0. The van der Waals surface area contributed by atoms with Crippen molar-refractivity contribution in [1.29, 1.82) is 5.26 Å². The van der Waals surface area contributed by atoms with Crippen LogP contribution in [0.5, 0.6) is 0 Å². The average molecular weight is 473 g/mol. The summed E-state index contributed by atoms with van der Waals surface area (Å²) in [5, 5.41) is 24.3. The van der Waals surface area contributed by atoms with Crippen molar-refractivity contribution in [3.63, 3.8) is 0 Å². The van der Waals surface area contributed by atoms with E-state index in [0.29, 0.717) is 23.2 Å². The molecule has 35 heavy (non-hydrogen) atoms. The molecular weight excluding hydrogens is 450 g/mol. The Morgan fingerprint density at radius 1 is 1.14 bits per heavy atom. The molecule has 0 radical (unpaired) electrons. The number of nitriles is 1. The number of allylic oxidation sites excluding steroid dienone is 1. The number of aliphatic hydroxyl groups is 1. The van der Waals surface area contributed by atoms with Crippen molar-refractivity contribution in [2.45, 2.75) is 12.5 Å². The van der Waals surface area contributed by atoms with Crippen LogP contribution in [-0.4, -0.2) is 47.7 Å². The molecule has 3 aromatic rings. The molecular formula is C25H23N5O5. The van der Waals surface area contributed by atoms with Crippen LogP contribution in [0.4, 0.5) is 5.69 Å². The molecule has 2 heterocycles. The molecule has 10 heteroatoms. The number of carbonyl (C=O) groups excluding carboxylic acids is 2. The number of rotatable bonds is 6. The SMILES string of the molecule is COC(=O)C1=C(C(=O)OC)N(c2ccc3c(cnn3CCO)c2)C(N)=C(C#N)C1c1ccccc1. The monoisotopic (exact) mass is 473 g/mol. The van der Waals surface area contributed by atoms with Crippen LogP contribution in [0, 0.1) is 11.3 Å². The highest BCUT2D eigenvalue weighted by Gasteiger charge is 2.43. The number of esters is 2. The van der Waals surface area contributed by atoms with Crippen LogP contribution in [0.15, 0.2) is 77.4 Å². The van der Waals surface area contributed by atoms with Gasteiger partial charge in [0.2, 0.25) is 0 Å². The molecule has 1 unspecified atom stereocenters. The number of carbonyl (C=O) groups is 2. The molecule has 1 atom stereocenters. The molecule has 0 fully saturated rings. The number of aliphatic hydroxyl groups excluding tert-OH is 1. The van der Waals surface area contributed by atoms with E-state index in [-0.39, 0.29) is 29.3 Å². The topological polar surface area (TPSA) is 144 Å². The van der Waals surface area contributed by atoms with Crippen LogP contribution in [0.3, 0.4) is 0 Å². The lowest BCUT2D eigenvalue weighted by Gasteiger charge is -2.35. The zero-order chi connectivity index (χ0) is 25.1. The number of hydrogen-bond acceptors (Lipinski definition) is 9. The molecule has 0 aliphatic carbocycles. The lowest BCUT2D eigenvalue weighted by Crippen LogP contribution is -2.40. The number of ether oxygens (including phenoxy) is 2. The second-order valence-corrected chi connectivity index (χ2v) is 7.67. The van der Waals surface area contributed by atoms with Crippen molar-refractivity contribution >= 4 is 28.5 Å². The van der Waals surface area contributed by atoms with Crippen LogP contribution in [-0.2, 0) is 25.6 Å². The van der Waals surface area contributed by atoms with E-state index in [0.717, 1.165) is 5.52 Å². The Morgan fingerprint density at radius 3 is 2.49 bits per heavy atom. The largest absolute Gasteiger partial charge is 0.466 e. The van der Waals surface area contributed by atoms with Gasteiger partial charge in [0.25, 0.3) is 0 Å². The number of nitrogens with zero attached hydrogens (tertiary/aromatic N) is 4. The van der Waals surface area contributed by atoms with E-state index in [1.54, 1.807) is 59.4 Å². The summed E-state index contributed by atoms with van der Waals surface area (Å²) in [6.07, 6.45) is 1.61. The fraction of sp³-hybridized carbons (Fsp3) is 0.200. The summed E-state index contributed by atoms with van der Waals surface area (Å²) in [4.78, 5) is 27.5. The smallest absolute Gasteiger partial charge is 0.355 e. The Kier molecular flexibility index (Phi) is 6.53. The first-order valence-electron chi connectivity index (χ1n) is 10.7. The zero-order valence-electron chi connectivity index (χ0n) is 19.1. The number of nitrogens with two attached hydrogens (primary N) is 1. The molecule has 1 aliphatic rings. The molecule has 1 aliphatic heterocycles. The van der Waals surface area contributed by atoms with Gasteiger partial charge in [-0.2, -0.15) is 10.4 Å². The zero-order valence-corrected chi connectivity index (χ0v) is 19.1. The lowest BCUT2D eigenvalue weighted by molar-refractivity contribution is -0.139. The average Bonchev–Trinajstić information content (AvgIpc) is 3.29. The second kappa shape index (κ2) is 9.70. The third-order valence-corrected chi connectivity index (χ3v) is 5.81. The van der Waals surface area contributed by atoms with Crippen LogP contribution in [0.25, 0.3) is 10.9 Å². The number of benzene rings is 2. The van der Waals surface area contributed by atoms with Gasteiger partial charge in [-0.1, -0.05) is 30.3 Å². The van der Waals surface area contributed by atoms with Gasteiger partial charge in [0.1, 0.15) is 11.5 Å². The molecule has 2 aromatic carbocycles. The quantitative estimate of drug-likeness (QED) is 0.513. The Labute approximate surface area is 201 Å². The fourth-order valence-electron chi connectivity index (χ4n) is 4.27. The molecule has 3 N–H and O–H groups in total. The number of methoxy groups -OCH3 is 2. The molecule has 0 saturated carbocycles. The molecule has 1 aromatic heterocycles. The van der Waals surface area contributed by atoms with E-state index >= 15 is 0 Å². The predicted octanol–water partition coefficient (Wildman–Crippen LogP) is 1.93. The molecule has 10 nitrogen and oxygen atoms in total. The van der Waals surface area contributed by atoms with Gasteiger partial charge in [0.05, 0.1) is 62.2 Å². The molecule has 0 spiro atoms. The predicted molar refractivity (Wildman–Crippen MR) is 126 cm³/mol. The number of aromatic nitrogens is 2. The Balaban J connectivity index is 2.01. The minimum absolute atomic E-state index is 0.0171. The van der Waals surface area contributed by atoms with Crippen molar-refractivity contribution < 1.29 is 24.2 Å². The van der Waals surface area contributed by atoms with E-state index < -0.39 is 17.9 Å². The van der Waals surface area contributed by atoms with E-state index in [4.69, 9.17) is 15.2 Å². The minimum Gasteiger partial charge on any atom is -0.466 e. The molecule has 4 rings (SSSR count). The standard InChI is InChI=1S/C25H23N5O5/c1-34-24(32)21-20(15-6-4-3-5-7-15)18(13-26)23(27)30(22(21)25(33)35-2)17-8-9-19-16(12-17)14-28-29(19)10-11-31/h3-9,12,14,20,31H,10-11,27H2,1-2H3. The van der Waals surface area contributed by atoms with Gasteiger partial charge in [0, 0.05) is 11.1 Å². The van der Waals surface area contributed by atoms with Crippen LogP contribution >= 0.6 is 0 Å². The maximum Gasteiger partial charge on any atom is 0.355 e. The Hall–Kier alpha value is -4.62. The van der Waals surface area contributed by atoms with E-state index in [2.05, 4.69) is 11.2 Å². The molecule has 178 valence electrons. The maximum absolute atomic E-state index is 13.1. The van der Waals surface area contributed by atoms with Crippen molar-refractivity contribution in [3.8, 4) is 6.07 Å². The first-order valence-corrected chi connectivity index (χ1v) is 10.7. The van der Waals surface area contributed by atoms with Gasteiger partial charge in [0.15, 0.2) is 0 Å². The van der Waals surface area contributed by atoms with E-state index in [9.17, 15) is 20.0 Å². The third kappa shape index (κ3) is 3.98. The van der Waals surface area contributed by atoms with Crippen molar-refractivity contribution in [1.82, 2.24) is 9.78 Å². The fourth-order valence-corrected chi connectivity index (χ4v) is 4.27. The van der Waals surface area contributed by atoms with Gasteiger partial charge in [-0.3, -0.25) is 9.58 Å². The van der Waals surface area contributed by atoms with Crippen molar-refractivity contribution in [2.24, 2.45) is 5.73 Å². The Bertz CT molecular complexity index is 1400. The van der Waals surface area contributed by atoms with Gasteiger partial charge in [-0.25, -0.2) is 9.59 Å². The summed E-state index contributed by atoms with van der Waals surface area (Å²) in [5.74, 6) is -2.56. The van der Waals surface area contributed by atoms with Gasteiger partial charge >= 0.3 is 11.9 Å². The van der Waals surface area contributed by atoms with Gasteiger partial charge in [-0.05, 0) is 23.8 Å². The third-order valence-electron chi connectivity index (χ3n) is 5.81. The number of hydrogen-bond donors (Lipinski definition) is 2. The molecule has 0 saturated heterocycles. The van der Waals surface area contributed by atoms with E-state index in [1.807, 2.05) is 0 Å². The van der Waals surface area contributed by atoms with Crippen LogP contribution in [0.2, 0.25) is 0 Å². The van der Waals surface area contributed by atoms with Crippen LogP contribution < -0.4 is 10.6 Å². The van der Waals surface area contributed by atoms with E-state index in [1.165, 1.54) is 19.1 Å². The Morgan fingerprint density at radius 2 is 1.86 bits per heavy atom. The summed E-state index contributed by atoms with van der Waals surface area (Å²) in [6, 6.07) is 16.1. The van der Waals surface area contributed by atoms with Crippen LogP contribution in [0.1, 0.15) is 11.5 Å². The molecule has 0 bridgehead atoms. The van der Waals surface area contributed by atoms with Crippen molar-refractivity contribution in [3.05, 3.63) is 83.0 Å². The summed E-state index contributed by atoms with van der Waals surface area (Å²) < 4.78 is 11.7. The summed E-state index contributed by atoms with van der Waals surface area (Å²) in [7, 11) is 2.40. The maximum atomic E-state index is 13.1. The van der Waals surface area contributed by atoms with Crippen molar-refractivity contribution in [2.75, 3.05) is 25.7 Å². The van der Waals surface area contributed by atoms with Gasteiger partial charge < -0.3 is 20.3 Å². The first kappa shape index (κ1) is 23.5. The highest BCUT2D eigenvalue weighted by molar-refractivity contribution is 6.06. The summed E-state index contributed by atoms with van der Waals surface area (Å²) in [6.45, 7) is 0.232. The normalized spacial score (nSPS) is 15.8. The molecule has 0 amide bonds.